The van der Waals surface area contributed by atoms with Crippen LogP contribution in [0.4, 0.5) is 10.5 Å². The van der Waals surface area contributed by atoms with E-state index in [1.165, 1.54) is 79.9 Å². The van der Waals surface area contributed by atoms with Crippen LogP contribution in [0.5, 0.6) is 51.7 Å². The molecule has 1 unspecified atom stereocenters. The predicted octanol–water partition coefficient (Wildman–Crippen LogP) is 8.08. The Labute approximate surface area is 671 Å². The third kappa shape index (κ3) is 18.2. The maximum Gasteiger partial charge on any atom is 0.325 e. The number of phenols is 3. The quantitative estimate of drug-likeness (QED) is 0.0361. The molecule has 30 nitrogen and oxygen atoms in total. The zero-order valence-electron chi connectivity index (χ0n) is 63.3. The standard InChI is InChI=1S/C83H93Cl2N7O23/c1-5-39(18-36(2)3)78(105)91-70-58(96)27-46(30-66(99)88-83(109)87-47-9-11-49(12-10-47)111-17-16-110-4)79(106)89-68-45-28-63(112-61-14-7-41(72(70)100)25-54(61)84)77(115-82-76(104)75(103)74(102)65(35-86)114-82)64(29-45)113-62-15-8-42(26-55(62)85)73(101)71-81(108)90-69(60(98)33-50-43-20-37-19-38(22-43)23-44(50)21-37)53-31-48(93)32-57(95)67(53)52-24-40(6-13-56(52)94)51(34-59(68)97)80(107)92-71/h6-15,24-26,28-29,31-32,36-39,43-44,46,50-51,65,68-76,82,93-95,100-104H,5,16-23,27,30,33-35,86H2,1-4H3,(H,89,106)(H,90,108)(H,91,105)(H,92,107)(H2,87,88,99,109)/t37?,38?,39-,43?,44?,46+,50?,51-,65-,68?,69+,70+,71+,72-,73-,74-,75+,76-,82+/m1/s1. The molecule has 32 heteroatoms. The van der Waals surface area contributed by atoms with E-state index in [1.807, 2.05) is 13.8 Å². The van der Waals surface area contributed by atoms with Crippen molar-refractivity contribution >= 4 is 81.8 Å². The monoisotopic (exact) mass is 1630 g/mol. The number of fused-ring (bicyclic) bond motifs is 15. The van der Waals surface area contributed by atoms with Crippen molar-refractivity contribution in [2.75, 3.05) is 32.2 Å². The number of carbonyl (C=O) groups is 9. The number of carbonyl (C=O) groups excluding carboxylic acids is 9. The molecule has 10 aliphatic rings. The zero-order valence-corrected chi connectivity index (χ0v) is 64.8. The van der Waals surface area contributed by atoms with Crippen molar-refractivity contribution in [3.63, 3.8) is 0 Å². The molecule has 1 saturated heterocycles. The summed E-state index contributed by atoms with van der Waals surface area (Å²) in [6, 6.07) is 12.1. The number of hydrogen-bond acceptors (Lipinski definition) is 24. The molecule has 15 bridgehead atoms. The maximum atomic E-state index is 16.5. The second-order valence-electron chi connectivity index (χ2n) is 31.4. The molecular formula is C83H93Cl2N7O23. The number of Topliss-reactive ketones (excluding diaryl/α,β-unsaturated/α-hetero) is 3. The summed E-state index contributed by atoms with van der Waals surface area (Å²) in [6.45, 7) is 5.55. The molecule has 612 valence electrons. The molecule has 6 heterocycles. The number of imide groups is 1. The van der Waals surface area contributed by atoms with Crippen LogP contribution in [0, 0.1) is 47.3 Å². The fourth-order valence-electron chi connectivity index (χ4n) is 17.5. The minimum atomic E-state index is -2.21. The van der Waals surface area contributed by atoms with Crippen LogP contribution in [0.1, 0.15) is 149 Å². The van der Waals surface area contributed by atoms with Crippen molar-refractivity contribution < 1.29 is 112 Å². The normalized spacial score (nSPS) is 28.0. The third-order valence-electron chi connectivity index (χ3n) is 23.1. The van der Waals surface area contributed by atoms with E-state index in [0.717, 1.165) is 62.4 Å². The SMILES string of the molecule is CC[C@H](CC(C)C)C(=O)N[C@H]1C(=O)C[C@@H](CC(=O)NC(=O)Nc2ccc(OCCOC)cc2)C(=O)NC2C(=O)C[C@H]3C(=O)N[C@H](C(=O)N[C@H](C(=O)CC4C5CC6CC(C5)CC4C6)c4cc(O)cc(O)c4-c4cc3ccc4O)[C@H](O)c3ccc(c(Cl)c3)Oc3cc2cc(c3O[C@@H]2O[C@H](CN)[C@@H](O)[C@H](O)[C@H]2O)Oc2ccc(cc2Cl)[C@H]1O. The van der Waals surface area contributed by atoms with E-state index in [2.05, 4.69) is 31.9 Å². The Hall–Kier alpha value is -9.99. The van der Waals surface area contributed by atoms with Crippen LogP contribution in [0.2, 0.25) is 10.0 Å². The van der Waals surface area contributed by atoms with Crippen LogP contribution < -0.4 is 56.6 Å². The molecule has 6 aromatic rings. The van der Waals surface area contributed by atoms with Gasteiger partial charge in [0.1, 0.15) is 102 Å². The summed E-state index contributed by atoms with van der Waals surface area (Å²) in [5.74, 6) is -15.5. The van der Waals surface area contributed by atoms with E-state index < -0.39 is 198 Å². The molecule has 14 atom stereocenters. The Morgan fingerprint density at radius 3 is 1.91 bits per heavy atom. The van der Waals surface area contributed by atoms with Gasteiger partial charge in [-0.15, -0.1) is 0 Å². The first-order valence-electron chi connectivity index (χ1n) is 38.5. The van der Waals surface area contributed by atoms with Gasteiger partial charge >= 0.3 is 6.03 Å². The van der Waals surface area contributed by atoms with Gasteiger partial charge in [-0.2, -0.15) is 0 Å². The summed E-state index contributed by atoms with van der Waals surface area (Å²) >= 11 is 14.3. The fraction of sp³-hybridized carbons (Fsp3) is 0.458. The molecule has 0 spiro atoms. The smallest absolute Gasteiger partial charge is 0.325 e. The topological polar surface area (TPSA) is 469 Å². The highest BCUT2D eigenvalue weighted by atomic mass is 35.5. The highest BCUT2D eigenvalue weighted by Crippen LogP contribution is 2.58. The molecule has 0 aromatic heterocycles. The summed E-state index contributed by atoms with van der Waals surface area (Å²) in [4.78, 5) is 138. The van der Waals surface area contributed by atoms with Crippen LogP contribution in [0.3, 0.4) is 0 Å². The summed E-state index contributed by atoms with van der Waals surface area (Å²) in [5.41, 5.74) is 4.62. The Bertz CT molecular complexity index is 4710. The van der Waals surface area contributed by atoms with Gasteiger partial charge in [0.2, 0.25) is 41.6 Å². The summed E-state index contributed by atoms with van der Waals surface area (Å²) in [7, 11) is 1.50. The van der Waals surface area contributed by atoms with E-state index in [9.17, 15) is 55.2 Å². The van der Waals surface area contributed by atoms with Gasteiger partial charge in [-0.05, 0) is 187 Å². The van der Waals surface area contributed by atoms with Gasteiger partial charge in [-0.25, -0.2) is 4.79 Å². The van der Waals surface area contributed by atoms with Gasteiger partial charge in [0, 0.05) is 68.1 Å². The molecule has 115 heavy (non-hydrogen) atoms. The van der Waals surface area contributed by atoms with Gasteiger partial charge in [-0.1, -0.05) is 62.2 Å². The number of amides is 7. The lowest BCUT2D eigenvalue weighted by Crippen LogP contribution is -2.60. The van der Waals surface area contributed by atoms with Gasteiger partial charge < -0.3 is 102 Å². The first-order chi connectivity index (χ1) is 54.9. The average molecular weight is 1630 g/mol. The Kier molecular flexibility index (Phi) is 25.4. The van der Waals surface area contributed by atoms with Crippen LogP contribution in [0.15, 0.2) is 103 Å². The van der Waals surface area contributed by atoms with Gasteiger partial charge in [0.15, 0.2) is 28.8 Å². The number of halogens is 2. The summed E-state index contributed by atoms with van der Waals surface area (Å²) in [6.07, 6.45) is -11.3. The van der Waals surface area contributed by atoms with Crippen molar-refractivity contribution in [2.45, 2.75) is 164 Å². The number of ether oxygens (including phenoxy) is 6. The molecule has 7 amide bonds. The number of ketones is 3. The minimum absolute atomic E-state index is 0.0383. The first kappa shape index (κ1) is 83.0. The third-order valence-corrected chi connectivity index (χ3v) is 23.7. The number of phenolic OH excluding ortho intramolecular Hbond substituents is 3. The lowest BCUT2D eigenvalue weighted by Gasteiger charge is -2.54. The second kappa shape index (κ2) is 35.2. The molecule has 6 aliphatic heterocycles. The Balaban J connectivity index is 0.986. The number of aliphatic hydroxyl groups is 5. The molecule has 4 aliphatic carbocycles. The van der Waals surface area contributed by atoms with Crippen LogP contribution in [-0.2, 0) is 47.8 Å². The first-order valence-corrected chi connectivity index (χ1v) is 39.3. The number of anilines is 1. The minimum Gasteiger partial charge on any atom is -0.508 e. The number of methoxy groups -OCH3 is 1. The van der Waals surface area contributed by atoms with Crippen LogP contribution >= 0.6 is 23.2 Å². The average Bonchev–Trinajstić information content (AvgIpc) is 0.760. The van der Waals surface area contributed by atoms with Gasteiger partial charge in [-0.3, -0.25) is 43.7 Å². The number of nitrogens with one attached hydrogen (secondary N) is 6. The lowest BCUT2D eigenvalue weighted by atomic mass is 9.51. The van der Waals surface area contributed by atoms with E-state index >= 15 is 28.8 Å². The van der Waals surface area contributed by atoms with Crippen molar-refractivity contribution in [3.05, 3.63) is 141 Å². The van der Waals surface area contributed by atoms with Crippen LogP contribution in [0.25, 0.3) is 11.1 Å². The predicted molar refractivity (Wildman–Crippen MR) is 413 cm³/mol. The van der Waals surface area contributed by atoms with Crippen molar-refractivity contribution in [2.24, 2.45) is 53.1 Å². The molecule has 16 rings (SSSR count). The van der Waals surface area contributed by atoms with E-state index in [0.29, 0.717) is 24.0 Å². The number of nitrogens with two attached hydrogens (primary N) is 1. The number of aliphatic hydroxyl groups excluding tert-OH is 5. The number of benzene rings is 6. The van der Waals surface area contributed by atoms with Crippen molar-refractivity contribution in [3.8, 4) is 62.9 Å². The fourth-order valence-corrected chi connectivity index (χ4v) is 17.9. The maximum absolute atomic E-state index is 16.5. The number of rotatable bonds is 18. The van der Waals surface area contributed by atoms with Gasteiger partial charge in [0.25, 0.3) is 0 Å². The Morgan fingerprint density at radius 1 is 0.652 bits per heavy atom. The Morgan fingerprint density at radius 2 is 1.30 bits per heavy atom. The lowest BCUT2D eigenvalue weighted by molar-refractivity contribution is -0.270. The van der Waals surface area contributed by atoms with E-state index in [1.54, 1.807) is 6.92 Å². The summed E-state index contributed by atoms with van der Waals surface area (Å²) < 4.78 is 36.4. The largest absolute Gasteiger partial charge is 0.508 e. The van der Waals surface area contributed by atoms with E-state index in [4.69, 9.17) is 57.4 Å². The molecule has 5 fully saturated rings. The molecule has 0 radical (unpaired) electrons. The van der Waals surface area contributed by atoms with Crippen molar-refractivity contribution in [1.82, 2.24) is 26.6 Å². The molecule has 16 N–H and O–H groups in total. The van der Waals surface area contributed by atoms with Gasteiger partial charge in [0.05, 0.1) is 28.5 Å². The van der Waals surface area contributed by atoms with E-state index in [-0.39, 0.29) is 116 Å². The second-order valence-corrected chi connectivity index (χ2v) is 32.2. The van der Waals surface area contributed by atoms with Crippen LogP contribution in [-0.4, -0.2) is 163 Å². The summed E-state index contributed by atoms with van der Waals surface area (Å²) in [5, 5.41) is 110. The van der Waals surface area contributed by atoms with Crippen molar-refractivity contribution in [1.29, 1.82) is 0 Å². The number of urea groups is 1. The molecule has 6 aromatic carbocycles. The highest BCUT2D eigenvalue weighted by molar-refractivity contribution is 6.32. The highest BCUT2D eigenvalue weighted by Gasteiger charge is 2.51. The molecule has 4 saturated carbocycles. The number of hydrogen-bond donors (Lipinski definition) is 15. The number of aromatic hydroxyl groups is 3. The molecular weight excluding hydrogens is 1530 g/mol. The zero-order chi connectivity index (χ0) is 82.1.